The number of aliphatic hydroxyl groups is 1. The maximum atomic E-state index is 12.5. The Morgan fingerprint density at radius 1 is 1.53 bits per heavy atom. The van der Waals surface area contributed by atoms with Crippen molar-refractivity contribution in [3.8, 4) is 0 Å². The molecule has 0 bridgehead atoms. The molecule has 0 radical (unpaired) electrons. The van der Waals surface area contributed by atoms with Gasteiger partial charge >= 0.3 is 0 Å². The second kappa shape index (κ2) is 5.88. The van der Waals surface area contributed by atoms with Gasteiger partial charge < -0.3 is 9.84 Å². The highest BCUT2D eigenvalue weighted by atomic mass is 79.9. The van der Waals surface area contributed by atoms with Gasteiger partial charge in [-0.2, -0.15) is 4.31 Å². The van der Waals surface area contributed by atoms with Gasteiger partial charge in [-0.1, -0.05) is 6.07 Å². The molecule has 1 saturated heterocycles. The van der Waals surface area contributed by atoms with Crippen molar-refractivity contribution in [1.29, 1.82) is 0 Å². The highest BCUT2D eigenvalue weighted by molar-refractivity contribution is 9.10. The summed E-state index contributed by atoms with van der Waals surface area (Å²) in [5, 5.41) is 9.04. The van der Waals surface area contributed by atoms with Gasteiger partial charge in [0.2, 0.25) is 10.0 Å². The molecule has 1 aliphatic rings. The largest absolute Gasteiger partial charge is 0.392 e. The molecule has 5 nitrogen and oxygen atoms in total. The molecule has 1 N–H and O–H groups in total. The molecule has 1 aliphatic heterocycles. The predicted octanol–water partition coefficient (Wildman–Crippen LogP) is 1.35. The van der Waals surface area contributed by atoms with E-state index in [-0.39, 0.29) is 17.6 Å². The van der Waals surface area contributed by atoms with Gasteiger partial charge in [0.05, 0.1) is 17.6 Å². The van der Waals surface area contributed by atoms with E-state index in [4.69, 9.17) is 9.84 Å². The minimum Gasteiger partial charge on any atom is -0.392 e. The SMILES string of the molecule is COC1CCN(S(=O)(=O)c2ccc(CO)cc2Br)C1. The van der Waals surface area contributed by atoms with E-state index in [1.807, 2.05) is 0 Å². The van der Waals surface area contributed by atoms with Crippen LogP contribution in [0, 0.1) is 0 Å². The number of sulfonamides is 1. The summed E-state index contributed by atoms with van der Waals surface area (Å²) in [6, 6.07) is 4.75. The van der Waals surface area contributed by atoms with Crippen molar-refractivity contribution in [2.45, 2.75) is 24.0 Å². The van der Waals surface area contributed by atoms with Crippen molar-refractivity contribution in [2.24, 2.45) is 0 Å². The molecule has 19 heavy (non-hydrogen) atoms. The zero-order valence-electron chi connectivity index (χ0n) is 10.5. The molecule has 1 unspecified atom stereocenters. The minimum atomic E-state index is -3.51. The average Bonchev–Trinajstić information content (AvgIpc) is 2.87. The summed E-state index contributed by atoms with van der Waals surface area (Å²) in [5.41, 5.74) is 0.669. The van der Waals surface area contributed by atoms with Crippen molar-refractivity contribution in [3.63, 3.8) is 0 Å². The van der Waals surface area contributed by atoms with E-state index in [0.29, 0.717) is 29.5 Å². The maximum absolute atomic E-state index is 12.5. The zero-order chi connectivity index (χ0) is 14.0. The number of nitrogens with zero attached hydrogens (tertiary/aromatic N) is 1. The van der Waals surface area contributed by atoms with Gasteiger partial charge in [0.25, 0.3) is 0 Å². The average molecular weight is 350 g/mol. The Morgan fingerprint density at radius 3 is 2.79 bits per heavy atom. The first-order valence-electron chi connectivity index (χ1n) is 5.91. The van der Waals surface area contributed by atoms with Crippen LogP contribution >= 0.6 is 15.9 Å². The van der Waals surface area contributed by atoms with E-state index >= 15 is 0 Å². The molecule has 0 aromatic heterocycles. The lowest BCUT2D eigenvalue weighted by molar-refractivity contribution is 0.115. The summed E-state index contributed by atoms with van der Waals surface area (Å²) in [4.78, 5) is 0.224. The Morgan fingerprint density at radius 2 is 2.26 bits per heavy atom. The molecule has 1 aromatic rings. The van der Waals surface area contributed by atoms with Crippen LogP contribution in [0.1, 0.15) is 12.0 Å². The molecule has 0 spiro atoms. The van der Waals surface area contributed by atoms with E-state index in [1.165, 1.54) is 10.4 Å². The summed E-state index contributed by atoms with van der Waals surface area (Å²) in [5.74, 6) is 0. The van der Waals surface area contributed by atoms with Gasteiger partial charge in [-0.3, -0.25) is 0 Å². The van der Waals surface area contributed by atoms with Crippen LogP contribution in [0.2, 0.25) is 0 Å². The molecule has 1 atom stereocenters. The molecule has 1 aromatic carbocycles. The van der Waals surface area contributed by atoms with Crippen LogP contribution in [0.25, 0.3) is 0 Å². The summed E-state index contributed by atoms with van der Waals surface area (Å²) >= 11 is 3.25. The number of rotatable bonds is 4. The fraction of sp³-hybridized carbons (Fsp3) is 0.500. The van der Waals surface area contributed by atoms with Crippen LogP contribution in [0.3, 0.4) is 0 Å². The number of methoxy groups -OCH3 is 1. The van der Waals surface area contributed by atoms with E-state index in [0.717, 1.165) is 0 Å². The highest BCUT2D eigenvalue weighted by Gasteiger charge is 2.33. The van der Waals surface area contributed by atoms with E-state index < -0.39 is 10.0 Å². The van der Waals surface area contributed by atoms with E-state index in [9.17, 15) is 8.42 Å². The van der Waals surface area contributed by atoms with Gasteiger partial charge in [0.1, 0.15) is 0 Å². The van der Waals surface area contributed by atoms with Crippen molar-refractivity contribution in [2.75, 3.05) is 20.2 Å². The quantitative estimate of drug-likeness (QED) is 0.890. The standard InChI is InChI=1S/C12H16BrNO4S/c1-18-10-4-5-14(7-10)19(16,17)12-3-2-9(8-15)6-11(12)13/h2-3,6,10,15H,4-5,7-8H2,1H3. The van der Waals surface area contributed by atoms with Gasteiger partial charge in [0.15, 0.2) is 0 Å². The minimum absolute atomic E-state index is 0.0368. The molecular weight excluding hydrogens is 334 g/mol. The summed E-state index contributed by atoms with van der Waals surface area (Å²) < 4.78 is 32.1. The second-order valence-corrected chi connectivity index (χ2v) is 7.19. The zero-order valence-corrected chi connectivity index (χ0v) is 12.9. The Kier molecular flexibility index (Phi) is 4.62. The monoisotopic (exact) mass is 349 g/mol. The molecule has 1 heterocycles. The summed E-state index contributed by atoms with van der Waals surface area (Å²) in [7, 11) is -1.92. The predicted molar refractivity (Wildman–Crippen MR) is 74.2 cm³/mol. The topological polar surface area (TPSA) is 66.8 Å². The van der Waals surface area contributed by atoms with Gasteiger partial charge in [-0.25, -0.2) is 8.42 Å². The lowest BCUT2D eigenvalue weighted by Crippen LogP contribution is -2.30. The highest BCUT2D eigenvalue weighted by Crippen LogP contribution is 2.28. The fourth-order valence-corrected chi connectivity index (χ4v) is 4.67. The van der Waals surface area contributed by atoms with Crippen LogP contribution < -0.4 is 0 Å². The molecule has 7 heteroatoms. The molecule has 2 rings (SSSR count). The Hall–Kier alpha value is -0.470. The van der Waals surface area contributed by atoms with Crippen LogP contribution in [-0.4, -0.2) is 44.1 Å². The number of halogens is 1. The van der Waals surface area contributed by atoms with Crippen LogP contribution in [0.15, 0.2) is 27.6 Å². The third kappa shape index (κ3) is 3.00. The molecular formula is C12H16BrNO4S. The number of aliphatic hydroxyl groups excluding tert-OH is 1. The third-order valence-corrected chi connectivity index (χ3v) is 6.08. The second-order valence-electron chi connectivity index (χ2n) is 4.43. The van der Waals surface area contributed by atoms with Crippen LogP contribution in [-0.2, 0) is 21.4 Å². The number of ether oxygens (including phenoxy) is 1. The molecule has 0 amide bonds. The third-order valence-electron chi connectivity index (χ3n) is 3.24. The Balaban J connectivity index is 2.30. The summed E-state index contributed by atoms with van der Waals surface area (Å²) in [6.07, 6.45) is 0.674. The first kappa shape index (κ1) is 14.9. The number of hydrogen-bond acceptors (Lipinski definition) is 4. The fourth-order valence-electron chi connectivity index (χ4n) is 2.10. The normalized spacial score (nSPS) is 20.9. The van der Waals surface area contributed by atoms with Gasteiger partial charge in [-0.05, 0) is 40.0 Å². The summed E-state index contributed by atoms with van der Waals surface area (Å²) in [6.45, 7) is 0.733. The molecule has 0 aliphatic carbocycles. The first-order valence-corrected chi connectivity index (χ1v) is 8.14. The molecule has 106 valence electrons. The maximum Gasteiger partial charge on any atom is 0.244 e. The lowest BCUT2D eigenvalue weighted by Gasteiger charge is -2.17. The van der Waals surface area contributed by atoms with E-state index in [2.05, 4.69) is 15.9 Å². The van der Waals surface area contributed by atoms with Crippen molar-refractivity contribution in [3.05, 3.63) is 28.2 Å². The smallest absolute Gasteiger partial charge is 0.244 e. The van der Waals surface area contributed by atoms with Crippen LogP contribution in [0.5, 0.6) is 0 Å². The lowest BCUT2D eigenvalue weighted by atomic mass is 10.2. The van der Waals surface area contributed by atoms with Crippen molar-refractivity contribution >= 4 is 26.0 Å². The van der Waals surface area contributed by atoms with Crippen molar-refractivity contribution in [1.82, 2.24) is 4.31 Å². The Bertz CT molecular complexity index is 561. The van der Waals surface area contributed by atoms with Crippen molar-refractivity contribution < 1.29 is 18.3 Å². The molecule has 1 fully saturated rings. The number of benzene rings is 1. The Labute approximate surface area is 121 Å². The molecule has 0 saturated carbocycles. The van der Waals surface area contributed by atoms with Gasteiger partial charge in [-0.15, -0.1) is 0 Å². The first-order chi connectivity index (χ1) is 8.98. The number of hydrogen-bond donors (Lipinski definition) is 1. The van der Waals surface area contributed by atoms with Gasteiger partial charge in [0, 0.05) is 24.7 Å². The van der Waals surface area contributed by atoms with Crippen LogP contribution in [0.4, 0.5) is 0 Å². The van der Waals surface area contributed by atoms with E-state index in [1.54, 1.807) is 19.2 Å².